The number of hydrogen-bond donors (Lipinski definition) is 3. The first-order valence-electron chi connectivity index (χ1n) is 6.15. The number of hydrogen-bond acceptors (Lipinski definition) is 7. The molecule has 4 N–H and O–H groups in total. The second-order valence-corrected chi connectivity index (χ2v) is 6.28. The topological polar surface area (TPSA) is 146 Å². The molecule has 2 aromatic heterocycles. The van der Waals surface area contributed by atoms with Crippen molar-refractivity contribution in [1.82, 2.24) is 19.5 Å². The van der Waals surface area contributed by atoms with Crippen LogP contribution < -0.4 is 5.73 Å². The zero-order valence-corrected chi connectivity index (χ0v) is 11.8. The van der Waals surface area contributed by atoms with Gasteiger partial charge in [0.1, 0.15) is 24.4 Å². The maximum absolute atomic E-state index is 10.8. The molecule has 3 heterocycles. The molecule has 0 radical (unpaired) electrons. The van der Waals surface area contributed by atoms with Crippen LogP contribution in [0.2, 0.25) is 0 Å². The quantitative estimate of drug-likeness (QED) is 0.481. The summed E-state index contributed by atoms with van der Waals surface area (Å²) in [5.74, 6) is 0.283. The molecule has 1 aliphatic heterocycles. The van der Waals surface area contributed by atoms with E-state index in [0.717, 1.165) is 0 Å². The van der Waals surface area contributed by atoms with Crippen LogP contribution in [0.1, 0.15) is 12.6 Å². The summed E-state index contributed by atoms with van der Waals surface area (Å²) >= 11 is 0. The van der Waals surface area contributed by atoms with Crippen molar-refractivity contribution >= 4 is 54.1 Å². The number of nitrogen functional groups attached to an aromatic ring is 1. The van der Waals surface area contributed by atoms with Gasteiger partial charge in [0.05, 0.1) is 19.0 Å². The molecule has 2 atom stereocenters. The van der Waals surface area contributed by atoms with Crippen molar-refractivity contribution in [3.8, 4) is 0 Å². The summed E-state index contributed by atoms with van der Waals surface area (Å²) in [6.45, 7) is 0.241. The molecule has 2 unspecified atom stereocenters. The molecule has 3 rings (SSSR count). The normalized spacial score (nSPS) is 21.9. The Bertz CT molecular complexity index is 706. The standard InChI is InChI=1S/C10H14N5O5P.Na.H/c11-9-8-10(13-3-12-9)15(4-14-8)7-1-6(2-19-7)20-5-21(16,17)18;;/h3-4,6-7H,1-2,5H2,(H2,11,12,13)(H2,16,17,18);;. The van der Waals surface area contributed by atoms with Gasteiger partial charge in [-0.3, -0.25) is 9.13 Å². The fraction of sp³-hybridized carbons (Fsp3) is 0.500. The SMILES string of the molecule is Nc1ncnc2c1ncn2C1CC(OCP(=O)(O)O)CO1.[NaH]. The molecular weight excluding hydrogens is 324 g/mol. The number of nitrogens with two attached hydrogens (primary N) is 1. The molecule has 116 valence electrons. The third-order valence-electron chi connectivity index (χ3n) is 3.11. The fourth-order valence-electron chi connectivity index (χ4n) is 2.17. The molecule has 0 saturated carbocycles. The van der Waals surface area contributed by atoms with Crippen molar-refractivity contribution in [2.75, 3.05) is 18.7 Å². The Morgan fingerprint density at radius 2 is 2.23 bits per heavy atom. The monoisotopic (exact) mass is 339 g/mol. The van der Waals surface area contributed by atoms with E-state index in [1.165, 1.54) is 6.33 Å². The van der Waals surface area contributed by atoms with Gasteiger partial charge in [0.2, 0.25) is 0 Å². The van der Waals surface area contributed by atoms with Gasteiger partial charge in [0.25, 0.3) is 0 Å². The van der Waals surface area contributed by atoms with Crippen molar-refractivity contribution in [2.45, 2.75) is 18.8 Å². The van der Waals surface area contributed by atoms with E-state index in [4.69, 9.17) is 25.0 Å². The van der Waals surface area contributed by atoms with Gasteiger partial charge in [-0.1, -0.05) is 0 Å². The Morgan fingerprint density at radius 1 is 1.45 bits per heavy atom. The van der Waals surface area contributed by atoms with Crippen LogP contribution >= 0.6 is 7.60 Å². The van der Waals surface area contributed by atoms with Crippen molar-refractivity contribution in [3.63, 3.8) is 0 Å². The average Bonchev–Trinajstić information content (AvgIpc) is 3.02. The van der Waals surface area contributed by atoms with Gasteiger partial charge >= 0.3 is 37.2 Å². The fourth-order valence-corrected chi connectivity index (χ4v) is 2.58. The number of fused-ring (bicyclic) bond motifs is 1. The first-order chi connectivity index (χ1) is 9.94. The number of rotatable bonds is 4. The number of ether oxygens (including phenoxy) is 2. The van der Waals surface area contributed by atoms with E-state index in [1.807, 2.05) is 0 Å². The van der Waals surface area contributed by atoms with E-state index in [0.29, 0.717) is 17.6 Å². The molecule has 0 amide bonds. The molecule has 1 saturated heterocycles. The molecule has 2 aromatic rings. The third-order valence-corrected chi connectivity index (χ3v) is 3.60. The molecule has 12 heteroatoms. The summed E-state index contributed by atoms with van der Waals surface area (Å²) in [7, 11) is -4.18. The molecule has 1 fully saturated rings. The molecule has 22 heavy (non-hydrogen) atoms. The Hall–Kier alpha value is -0.580. The van der Waals surface area contributed by atoms with Crippen molar-refractivity contribution in [1.29, 1.82) is 0 Å². The van der Waals surface area contributed by atoms with Crippen LogP contribution in [0.25, 0.3) is 11.2 Å². The maximum atomic E-state index is 10.8. The van der Waals surface area contributed by atoms with Crippen molar-refractivity contribution < 1.29 is 23.8 Å². The third kappa shape index (κ3) is 3.84. The zero-order chi connectivity index (χ0) is 15.0. The molecule has 0 aromatic carbocycles. The summed E-state index contributed by atoms with van der Waals surface area (Å²) in [5, 5.41) is 0. The van der Waals surface area contributed by atoms with Gasteiger partial charge in [-0.15, -0.1) is 0 Å². The number of imidazole rings is 1. The van der Waals surface area contributed by atoms with Gasteiger partial charge in [-0.25, -0.2) is 15.0 Å². The average molecular weight is 339 g/mol. The number of anilines is 1. The van der Waals surface area contributed by atoms with E-state index in [2.05, 4.69) is 15.0 Å². The van der Waals surface area contributed by atoms with Crippen molar-refractivity contribution in [2.24, 2.45) is 0 Å². The second kappa shape index (κ2) is 6.90. The van der Waals surface area contributed by atoms with E-state index >= 15 is 0 Å². The van der Waals surface area contributed by atoms with Crippen LogP contribution in [0.5, 0.6) is 0 Å². The Labute approximate surface area is 147 Å². The van der Waals surface area contributed by atoms with Crippen molar-refractivity contribution in [3.05, 3.63) is 12.7 Å². The second-order valence-electron chi connectivity index (χ2n) is 4.69. The molecular formula is C10H15N5NaO5P. The minimum atomic E-state index is -4.18. The van der Waals surface area contributed by atoms with E-state index < -0.39 is 13.9 Å². The molecule has 0 spiro atoms. The summed E-state index contributed by atoms with van der Waals surface area (Å²) in [5.41, 5.74) is 6.74. The van der Waals surface area contributed by atoms with Gasteiger partial charge in [-0.2, -0.15) is 0 Å². The Morgan fingerprint density at radius 3 is 2.95 bits per heavy atom. The first kappa shape index (κ1) is 17.8. The van der Waals surface area contributed by atoms with Gasteiger partial charge < -0.3 is 25.0 Å². The van der Waals surface area contributed by atoms with Gasteiger partial charge in [0, 0.05) is 6.42 Å². The van der Waals surface area contributed by atoms with Crippen LogP contribution in [0.15, 0.2) is 12.7 Å². The van der Waals surface area contributed by atoms with E-state index in [9.17, 15) is 4.57 Å². The molecule has 0 bridgehead atoms. The van der Waals surface area contributed by atoms with Gasteiger partial charge in [0.15, 0.2) is 11.5 Å². The summed E-state index contributed by atoms with van der Waals surface area (Å²) in [6.07, 6.45) is 1.95. The molecule has 0 aliphatic carbocycles. The predicted molar refractivity (Wildman–Crippen MR) is 78.3 cm³/mol. The van der Waals surface area contributed by atoms with Crippen LogP contribution in [-0.4, -0.2) is 77.9 Å². The van der Waals surface area contributed by atoms with Crippen LogP contribution in [-0.2, 0) is 14.0 Å². The number of aromatic nitrogens is 4. The first-order valence-corrected chi connectivity index (χ1v) is 7.94. The Kier molecular flexibility index (Phi) is 5.57. The molecule has 10 nitrogen and oxygen atoms in total. The van der Waals surface area contributed by atoms with Gasteiger partial charge in [-0.05, 0) is 0 Å². The van der Waals surface area contributed by atoms with Crippen LogP contribution in [0.4, 0.5) is 5.82 Å². The summed E-state index contributed by atoms with van der Waals surface area (Å²) in [4.78, 5) is 29.7. The zero-order valence-electron chi connectivity index (χ0n) is 10.9. The Balaban J connectivity index is 0.00000176. The van der Waals surface area contributed by atoms with E-state index in [-0.39, 0.29) is 54.3 Å². The van der Waals surface area contributed by atoms with Crippen LogP contribution in [0.3, 0.4) is 0 Å². The minimum absolute atomic E-state index is 0. The summed E-state index contributed by atoms with van der Waals surface area (Å²) < 4.78 is 23.2. The predicted octanol–water partition coefficient (Wildman–Crippen LogP) is -0.801. The summed E-state index contributed by atoms with van der Waals surface area (Å²) in [6, 6.07) is 0. The van der Waals surface area contributed by atoms with E-state index in [1.54, 1.807) is 10.9 Å². The molecule has 1 aliphatic rings. The van der Waals surface area contributed by atoms with Crippen LogP contribution in [0, 0.1) is 0 Å². The number of nitrogens with zero attached hydrogens (tertiary/aromatic N) is 4.